The predicted octanol–water partition coefficient (Wildman–Crippen LogP) is 1.90. The van der Waals surface area contributed by atoms with Crippen LogP contribution in [0.3, 0.4) is 0 Å². The summed E-state index contributed by atoms with van der Waals surface area (Å²) >= 11 is 0. The van der Waals surface area contributed by atoms with Gasteiger partial charge in [0.15, 0.2) is 5.89 Å². The Labute approximate surface area is 100 Å². The number of carbonyl (C=O) groups is 1. The molecular weight excluding hydrogens is 220 g/mol. The zero-order chi connectivity index (χ0) is 12.6. The number of aryl methyl sites for hydroxylation is 2. The number of oxazole rings is 1. The van der Waals surface area contributed by atoms with Gasteiger partial charge in [0.2, 0.25) is 0 Å². The van der Waals surface area contributed by atoms with Gasteiger partial charge in [-0.15, -0.1) is 0 Å². The summed E-state index contributed by atoms with van der Waals surface area (Å²) in [6, 6.07) is -0.391. The van der Waals surface area contributed by atoms with E-state index in [1.54, 1.807) is 0 Å². The average Bonchev–Trinajstić information content (AvgIpc) is 2.83. The van der Waals surface area contributed by atoms with Gasteiger partial charge in [0.05, 0.1) is 11.7 Å². The number of rotatable bonds is 3. The quantitative estimate of drug-likeness (QED) is 0.871. The molecule has 2 heterocycles. The Morgan fingerprint density at radius 1 is 1.59 bits per heavy atom. The molecule has 0 bridgehead atoms. The van der Waals surface area contributed by atoms with Crippen molar-refractivity contribution in [2.75, 3.05) is 6.54 Å². The largest absolute Gasteiger partial charge is 0.480 e. The van der Waals surface area contributed by atoms with Crippen molar-refractivity contribution in [1.82, 2.24) is 9.88 Å². The third kappa shape index (κ3) is 2.20. The van der Waals surface area contributed by atoms with Gasteiger partial charge in [0, 0.05) is 6.92 Å². The zero-order valence-electron chi connectivity index (χ0n) is 10.4. The molecule has 5 heteroatoms. The monoisotopic (exact) mass is 238 g/mol. The van der Waals surface area contributed by atoms with Gasteiger partial charge in [-0.2, -0.15) is 0 Å². The van der Waals surface area contributed by atoms with Crippen LogP contribution >= 0.6 is 0 Å². The van der Waals surface area contributed by atoms with Crippen molar-refractivity contribution >= 4 is 5.97 Å². The second-order valence-electron chi connectivity index (χ2n) is 4.58. The molecule has 0 aliphatic carbocycles. The van der Waals surface area contributed by atoms with E-state index >= 15 is 0 Å². The summed E-state index contributed by atoms with van der Waals surface area (Å²) in [6.45, 7) is 6.48. The lowest BCUT2D eigenvalue weighted by Crippen LogP contribution is -2.38. The Bertz CT molecular complexity index is 427. The summed E-state index contributed by atoms with van der Waals surface area (Å²) in [5.41, 5.74) is 0.857. The molecule has 1 aliphatic heterocycles. The summed E-state index contributed by atoms with van der Waals surface area (Å²) in [4.78, 5) is 17.5. The van der Waals surface area contributed by atoms with Gasteiger partial charge in [-0.3, -0.25) is 9.69 Å². The minimum Gasteiger partial charge on any atom is -0.480 e. The second kappa shape index (κ2) is 4.49. The lowest BCUT2D eigenvalue weighted by molar-refractivity contribution is -0.142. The van der Waals surface area contributed by atoms with E-state index in [4.69, 9.17) is 9.52 Å². The fraction of sp³-hybridized carbons (Fsp3) is 0.667. The predicted molar refractivity (Wildman–Crippen MR) is 61.8 cm³/mol. The maximum absolute atomic E-state index is 11.2. The first-order valence-electron chi connectivity index (χ1n) is 5.93. The van der Waals surface area contributed by atoms with Gasteiger partial charge in [-0.25, -0.2) is 4.98 Å². The first-order valence-corrected chi connectivity index (χ1v) is 5.93. The molecule has 1 saturated heterocycles. The highest BCUT2D eigenvalue weighted by molar-refractivity contribution is 5.73. The minimum atomic E-state index is -0.743. The number of likely N-dealkylation sites (tertiary alicyclic amines) is 1. The van der Waals surface area contributed by atoms with Crippen molar-refractivity contribution in [3.05, 3.63) is 17.3 Å². The number of hydrogen-bond donors (Lipinski definition) is 1. The zero-order valence-corrected chi connectivity index (χ0v) is 10.4. The Balaban J connectivity index is 2.22. The highest BCUT2D eigenvalue weighted by Gasteiger charge is 2.35. The highest BCUT2D eigenvalue weighted by atomic mass is 16.4. The van der Waals surface area contributed by atoms with Crippen LogP contribution in [-0.4, -0.2) is 33.5 Å². The van der Waals surface area contributed by atoms with Crippen LogP contribution in [0.2, 0.25) is 0 Å². The van der Waals surface area contributed by atoms with E-state index in [2.05, 4.69) is 4.98 Å². The smallest absolute Gasteiger partial charge is 0.320 e. The topological polar surface area (TPSA) is 66.6 Å². The van der Waals surface area contributed by atoms with Crippen LogP contribution in [0.15, 0.2) is 4.42 Å². The van der Waals surface area contributed by atoms with Gasteiger partial charge in [-0.1, -0.05) is 0 Å². The molecule has 1 N–H and O–H groups in total. The van der Waals surface area contributed by atoms with E-state index in [0.717, 1.165) is 30.8 Å². The molecular formula is C12H18N2O3. The van der Waals surface area contributed by atoms with Crippen molar-refractivity contribution in [2.45, 2.75) is 45.7 Å². The Morgan fingerprint density at radius 3 is 2.82 bits per heavy atom. The van der Waals surface area contributed by atoms with Gasteiger partial charge in [0.25, 0.3) is 0 Å². The number of nitrogens with zero attached hydrogens (tertiary/aromatic N) is 2. The molecule has 0 radical (unpaired) electrons. The standard InChI is InChI=1S/C12H18N2O3/c1-7(11-8(2)17-9(3)13-11)14-6-4-5-10(14)12(15)16/h7,10H,4-6H2,1-3H3,(H,15,16)/t7?,10-/m0/s1. The molecule has 1 aromatic rings. The fourth-order valence-electron chi connectivity index (χ4n) is 2.61. The van der Waals surface area contributed by atoms with Gasteiger partial charge in [-0.05, 0) is 33.2 Å². The van der Waals surface area contributed by atoms with Crippen LogP contribution in [0.1, 0.15) is 43.2 Å². The molecule has 1 aromatic heterocycles. The summed E-state index contributed by atoms with van der Waals surface area (Å²) < 4.78 is 5.41. The number of carboxylic acid groups (broad SMARTS) is 1. The molecule has 0 amide bonds. The highest BCUT2D eigenvalue weighted by Crippen LogP contribution is 2.30. The number of carboxylic acids is 1. The van der Waals surface area contributed by atoms with Crippen LogP contribution in [-0.2, 0) is 4.79 Å². The van der Waals surface area contributed by atoms with Crippen molar-refractivity contribution in [2.24, 2.45) is 0 Å². The van der Waals surface area contributed by atoms with Crippen LogP contribution in [0.25, 0.3) is 0 Å². The SMILES string of the molecule is Cc1nc(C(C)N2CCC[C@H]2C(=O)O)c(C)o1. The molecule has 1 aliphatic rings. The van der Waals surface area contributed by atoms with Gasteiger partial charge < -0.3 is 9.52 Å². The minimum absolute atomic E-state index is 0.00366. The summed E-state index contributed by atoms with van der Waals surface area (Å²) in [5, 5.41) is 9.17. The van der Waals surface area contributed by atoms with Crippen molar-refractivity contribution < 1.29 is 14.3 Å². The Morgan fingerprint density at radius 2 is 2.29 bits per heavy atom. The molecule has 2 atom stereocenters. The third-order valence-electron chi connectivity index (χ3n) is 3.41. The molecule has 5 nitrogen and oxygen atoms in total. The number of aliphatic carboxylic acids is 1. The molecule has 0 saturated carbocycles. The van der Waals surface area contributed by atoms with E-state index in [0.29, 0.717) is 5.89 Å². The fourth-order valence-corrected chi connectivity index (χ4v) is 2.61. The maximum atomic E-state index is 11.2. The molecule has 0 spiro atoms. The summed E-state index contributed by atoms with van der Waals surface area (Å²) in [5.74, 6) is 0.675. The van der Waals surface area contributed by atoms with E-state index in [9.17, 15) is 4.79 Å². The first kappa shape index (κ1) is 12.1. The summed E-state index contributed by atoms with van der Waals surface area (Å²) in [6.07, 6.45) is 1.65. The average molecular weight is 238 g/mol. The van der Waals surface area contributed by atoms with Crippen LogP contribution in [0.4, 0.5) is 0 Å². The molecule has 0 aromatic carbocycles. The van der Waals surface area contributed by atoms with E-state index in [-0.39, 0.29) is 12.1 Å². The van der Waals surface area contributed by atoms with Gasteiger partial charge >= 0.3 is 5.97 Å². The van der Waals surface area contributed by atoms with Crippen molar-refractivity contribution in [1.29, 1.82) is 0 Å². The van der Waals surface area contributed by atoms with Crippen LogP contribution in [0, 0.1) is 13.8 Å². The molecule has 1 unspecified atom stereocenters. The Hall–Kier alpha value is -1.36. The number of hydrogen-bond acceptors (Lipinski definition) is 4. The normalized spacial score (nSPS) is 22.9. The van der Waals surface area contributed by atoms with Gasteiger partial charge in [0.1, 0.15) is 11.8 Å². The third-order valence-corrected chi connectivity index (χ3v) is 3.41. The summed E-state index contributed by atoms with van der Waals surface area (Å²) in [7, 11) is 0. The van der Waals surface area contributed by atoms with Crippen LogP contribution in [0.5, 0.6) is 0 Å². The molecule has 94 valence electrons. The second-order valence-corrected chi connectivity index (χ2v) is 4.58. The lowest BCUT2D eigenvalue weighted by Gasteiger charge is -2.27. The van der Waals surface area contributed by atoms with Crippen molar-refractivity contribution in [3.63, 3.8) is 0 Å². The van der Waals surface area contributed by atoms with Crippen LogP contribution < -0.4 is 0 Å². The van der Waals surface area contributed by atoms with E-state index < -0.39 is 5.97 Å². The number of aromatic nitrogens is 1. The molecule has 17 heavy (non-hydrogen) atoms. The first-order chi connectivity index (χ1) is 8.00. The van der Waals surface area contributed by atoms with E-state index in [1.165, 1.54) is 0 Å². The Kier molecular flexibility index (Phi) is 3.19. The lowest BCUT2D eigenvalue weighted by atomic mass is 10.1. The molecule has 2 rings (SSSR count). The molecule has 1 fully saturated rings. The van der Waals surface area contributed by atoms with E-state index in [1.807, 2.05) is 25.7 Å². The van der Waals surface area contributed by atoms with Crippen molar-refractivity contribution in [3.8, 4) is 0 Å². The maximum Gasteiger partial charge on any atom is 0.320 e.